The fourth-order valence-corrected chi connectivity index (χ4v) is 3.50. The van der Waals surface area contributed by atoms with Crippen LogP contribution in [0.1, 0.15) is 19.8 Å². The van der Waals surface area contributed by atoms with Crippen LogP contribution in [-0.2, 0) is 9.59 Å². The second-order valence-corrected chi connectivity index (χ2v) is 7.62. The minimum absolute atomic E-state index is 0.00439. The minimum Gasteiger partial charge on any atom is -0.484 e. The summed E-state index contributed by atoms with van der Waals surface area (Å²) in [4.78, 5) is 25.4. The number of likely N-dealkylation sites (tertiary alicyclic amines) is 1. The number of piperidine rings is 1. The first-order valence-electron chi connectivity index (χ1n) is 9.05. The molecule has 1 fully saturated rings. The Morgan fingerprint density at radius 2 is 1.74 bits per heavy atom. The second kappa shape index (κ2) is 9.04. The lowest BCUT2D eigenvalue weighted by Crippen LogP contribution is -2.50. The van der Waals surface area contributed by atoms with Crippen molar-refractivity contribution >= 4 is 27.7 Å². The van der Waals surface area contributed by atoms with Crippen molar-refractivity contribution in [1.29, 1.82) is 0 Å². The van der Waals surface area contributed by atoms with Gasteiger partial charge in [-0.15, -0.1) is 0 Å². The van der Waals surface area contributed by atoms with Gasteiger partial charge in [-0.2, -0.15) is 0 Å². The molecular formula is C21H23BrN2O3. The number of nitrogens with zero attached hydrogens (tertiary/aromatic N) is 1. The highest BCUT2D eigenvalue weighted by Gasteiger charge is 2.24. The molecule has 0 aromatic heterocycles. The summed E-state index contributed by atoms with van der Waals surface area (Å²) >= 11 is 3.44. The maximum absolute atomic E-state index is 12.4. The highest BCUT2D eigenvalue weighted by molar-refractivity contribution is 9.10. The van der Waals surface area contributed by atoms with Crippen LogP contribution in [0.15, 0.2) is 53.0 Å². The lowest BCUT2D eigenvalue weighted by Gasteiger charge is -2.32. The molecule has 6 heteroatoms. The number of amides is 2. The van der Waals surface area contributed by atoms with Gasteiger partial charge >= 0.3 is 0 Å². The molecular weight excluding hydrogens is 408 g/mol. The van der Waals surface area contributed by atoms with E-state index in [2.05, 4.69) is 21.2 Å². The predicted molar refractivity (Wildman–Crippen MR) is 108 cm³/mol. The summed E-state index contributed by atoms with van der Waals surface area (Å²) < 4.78 is 6.71. The molecule has 0 aliphatic carbocycles. The van der Waals surface area contributed by atoms with Crippen LogP contribution in [0.3, 0.4) is 0 Å². The predicted octanol–water partition coefficient (Wildman–Crippen LogP) is 3.62. The number of rotatable bonds is 5. The first-order chi connectivity index (χ1) is 13.0. The summed E-state index contributed by atoms with van der Waals surface area (Å²) in [6.07, 6.45) is 1.79. The van der Waals surface area contributed by atoms with Crippen molar-refractivity contribution in [3.05, 3.63) is 53.0 Å². The molecule has 0 unspecified atom stereocenters. The number of hydrogen-bond acceptors (Lipinski definition) is 3. The largest absolute Gasteiger partial charge is 0.484 e. The van der Waals surface area contributed by atoms with E-state index in [0.29, 0.717) is 18.8 Å². The van der Waals surface area contributed by atoms with Gasteiger partial charge in [-0.05, 0) is 48.2 Å². The van der Waals surface area contributed by atoms with Gasteiger partial charge in [0.25, 0.3) is 5.91 Å². The van der Waals surface area contributed by atoms with Crippen LogP contribution in [0.25, 0.3) is 11.1 Å². The summed E-state index contributed by atoms with van der Waals surface area (Å²) in [7, 11) is 0. The molecule has 0 spiro atoms. The molecule has 2 aromatic carbocycles. The molecule has 1 heterocycles. The standard InChI is InChI=1S/C21H23BrN2O3/c1-15(25)23-19-3-2-12-24(13-19)21(26)14-27-20-10-6-17(7-11-20)16-4-8-18(22)9-5-16/h4-11,19H,2-3,12-14H2,1H3,(H,23,25)/t19-/m1/s1. The molecule has 0 saturated carbocycles. The molecule has 1 saturated heterocycles. The van der Waals surface area contributed by atoms with E-state index in [1.807, 2.05) is 48.5 Å². The minimum atomic E-state index is -0.0589. The number of nitrogens with one attached hydrogen (secondary N) is 1. The molecule has 1 aliphatic rings. The highest BCUT2D eigenvalue weighted by atomic mass is 79.9. The van der Waals surface area contributed by atoms with Gasteiger partial charge in [0.15, 0.2) is 6.61 Å². The second-order valence-electron chi connectivity index (χ2n) is 6.70. The number of carbonyl (C=O) groups is 2. The number of carbonyl (C=O) groups excluding carboxylic acids is 2. The molecule has 5 nitrogen and oxygen atoms in total. The van der Waals surface area contributed by atoms with Crippen LogP contribution >= 0.6 is 15.9 Å². The van der Waals surface area contributed by atoms with Crippen LogP contribution in [0.2, 0.25) is 0 Å². The SMILES string of the molecule is CC(=O)N[C@@H]1CCCN(C(=O)COc2ccc(-c3ccc(Br)cc3)cc2)C1. The summed E-state index contributed by atoms with van der Waals surface area (Å²) in [6, 6.07) is 15.9. The van der Waals surface area contributed by atoms with Gasteiger partial charge in [0, 0.05) is 30.5 Å². The number of benzene rings is 2. The lowest BCUT2D eigenvalue weighted by atomic mass is 10.1. The monoisotopic (exact) mass is 430 g/mol. The van der Waals surface area contributed by atoms with E-state index in [9.17, 15) is 9.59 Å². The third kappa shape index (κ3) is 5.57. The normalized spacial score (nSPS) is 16.7. The van der Waals surface area contributed by atoms with Crippen molar-refractivity contribution in [2.75, 3.05) is 19.7 Å². The summed E-state index contributed by atoms with van der Waals surface area (Å²) in [6.45, 7) is 2.76. The van der Waals surface area contributed by atoms with Crippen molar-refractivity contribution in [1.82, 2.24) is 10.2 Å². The Labute approximate surface area is 167 Å². The van der Waals surface area contributed by atoms with Crippen molar-refractivity contribution in [3.8, 4) is 16.9 Å². The van der Waals surface area contributed by atoms with Crippen molar-refractivity contribution in [3.63, 3.8) is 0 Å². The Morgan fingerprint density at radius 3 is 2.37 bits per heavy atom. The van der Waals surface area contributed by atoms with E-state index in [-0.39, 0.29) is 24.5 Å². The van der Waals surface area contributed by atoms with Crippen molar-refractivity contribution < 1.29 is 14.3 Å². The molecule has 1 aliphatic heterocycles. The summed E-state index contributed by atoms with van der Waals surface area (Å²) in [5.41, 5.74) is 2.22. The van der Waals surface area contributed by atoms with Crippen LogP contribution in [-0.4, -0.2) is 42.5 Å². The van der Waals surface area contributed by atoms with E-state index in [1.165, 1.54) is 6.92 Å². The zero-order valence-electron chi connectivity index (χ0n) is 15.3. The van der Waals surface area contributed by atoms with E-state index in [1.54, 1.807) is 4.90 Å². The molecule has 1 atom stereocenters. The summed E-state index contributed by atoms with van der Waals surface area (Å²) in [5, 5.41) is 2.89. The van der Waals surface area contributed by atoms with E-state index >= 15 is 0 Å². The molecule has 0 bridgehead atoms. The molecule has 142 valence electrons. The maximum atomic E-state index is 12.4. The fourth-order valence-electron chi connectivity index (χ4n) is 3.23. The Bertz CT molecular complexity index is 790. The van der Waals surface area contributed by atoms with Crippen molar-refractivity contribution in [2.45, 2.75) is 25.8 Å². The number of hydrogen-bond donors (Lipinski definition) is 1. The molecule has 2 amide bonds. The van der Waals surface area contributed by atoms with Gasteiger partial charge in [0.2, 0.25) is 5.91 Å². The quantitative estimate of drug-likeness (QED) is 0.787. The molecule has 0 radical (unpaired) electrons. The average Bonchev–Trinajstić information content (AvgIpc) is 2.67. The maximum Gasteiger partial charge on any atom is 0.260 e. The Balaban J connectivity index is 1.52. The number of ether oxygens (including phenoxy) is 1. The van der Waals surface area contributed by atoms with Gasteiger partial charge in [0.05, 0.1) is 0 Å². The zero-order valence-corrected chi connectivity index (χ0v) is 16.9. The van der Waals surface area contributed by atoms with Gasteiger partial charge in [-0.3, -0.25) is 9.59 Å². The summed E-state index contributed by atoms with van der Waals surface area (Å²) in [5.74, 6) is 0.554. The molecule has 3 rings (SSSR count). The molecule has 2 aromatic rings. The zero-order chi connectivity index (χ0) is 19.2. The van der Waals surface area contributed by atoms with Crippen LogP contribution in [0.5, 0.6) is 5.75 Å². The van der Waals surface area contributed by atoms with E-state index < -0.39 is 0 Å². The first-order valence-corrected chi connectivity index (χ1v) is 9.84. The average molecular weight is 431 g/mol. The van der Waals surface area contributed by atoms with Gasteiger partial charge in [0.1, 0.15) is 5.75 Å². The first kappa shape index (κ1) is 19.4. The topological polar surface area (TPSA) is 58.6 Å². The van der Waals surface area contributed by atoms with Crippen LogP contribution < -0.4 is 10.1 Å². The van der Waals surface area contributed by atoms with Gasteiger partial charge in [-0.1, -0.05) is 40.2 Å². The third-order valence-electron chi connectivity index (χ3n) is 4.58. The lowest BCUT2D eigenvalue weighted by molar-refractivity contribution is -0.135. The highest BCUT2D eigenvalue weighted by Crippen LogP contribution is 2.24. The Morgan fingerprint density at radius 1 is 1.11 bits per heavy atom. The fraction of sp³-hybridized carbons (Fsp3) is 0.333. The molecule has 1 N–H and O–H groups in total. The van der Waals surface area contributed by atoms with Gasteiger partial charge < -0.3 is 15.0 Å². The van der Waals surface area contributed by atoms with Crippen LogP contribution in [0.4, 0.5) is 0 Å². The van der Waals surface area contributed by atoms with Gasteiger partial charge in [-0.25, -0.2) is 0 Å². The Kier molecular flexibility index (Phi) is 6.50. The van der Waals surface area contributed by atoms with E-state index in [4.69, 9.17) is 4.74 Å². The molecule has 27 heavy (non-hydrogen) atoms. The number of halogens is 1. The smallest absolute Gasteiger partial charge is 0.260 e. The third-order valence-corrected chi connectivity index (χ3v) is 5.10. The van der Waals surface area contributed by atoms with Crippen molar-refractivity contribution in [2.24, 2.45) is 0 Å². The van der Waals surface area contributed by atoms with E-state index in [0.717, 1.165) is 28.4 Å². The Hall–Kier alpha value is -2.34. The van der Waals surface area contributed by atoms with Crippen LogP contribution in [0, 0.1) is 0 Å².